The first kappa shape index (κ1) is 30.3. The molecule has 0 bridgehead atoms. The van der Waals surface area contributed by atoms with Gasteiger partial charge in [-0.3, -0.25) is 9.69 Å². The number of carbonyl (C=O) groups is 2. The molecule has 1 aliphatic heterocycles. The largest absolute Gasteiger partial charge is 0.494 e. The van der Waals surface area contributed by atoms with Gasteiger partial charge in [-0.1, -0.05) is 24.8 Å². The Kier molecular flexibility index (Phi) is 10.3. The summed E-state index contributed by atoms with van der Waals surface area (Å²) in [7, 11) is 7.79. The number of ether oxygens (including phenoxy) is 1. The lowest BCUT2D eigenvalue weighted by Crippen LogP contribution is -2.40. The summed E-state index contributed by atoms with van der Waals surface area (Å²) in [6, 6.07) is 16.7. The summed E-state index contributed by atoms with van der Waals surface area (Å²) in [4.78, 5) is 42.2. The van der Waals surface area contributed by atoms with Crippen LogP contribution >= 0.6 is 0 Å². The number of rotatable bonds is 12. The lowest BCUT2D eigenvalue weighted by molar-refractivity contribution is -0.125. The molecule has 2 heterocycles. The predicted octanol–water partition coefficient (Wildman–Crippen LogP) is 4.30. The molecule has 1 unspecified atom stereocenters. The fourth-order valence-electron chi connectivity index (χ4n) is 4.76. The van der Waals surface area contributed by atoms with Crippen LogP contribution in [-0.4, -0.2) is 92.7 Å². The number of likely N-dealkylation sites (N-methyl/N-ethyl adjacent to an activating group) is 2. The van der Waals surface area contributed by atoms with Gasteiger partial charge in [0.25, 0.3) is 0 Å². The second-order valence-corrected chi connectivity index (χ2v) is 10.5. The molecule has 2 N–H and O–H groups in total. The summed E-state index contributed by atoms with van der Waals surface area (Å²) in [5.74, 6) is 1.60. The molecular weight excluding hydrogens is 532 g/mol. The van der Waals surface area contributed by atoms with Gasteiger partial charge in [0.15, 0.2) is 0 Å². The number of hydrogen-bond donors (Lipinski definition) is 2. The van der Waals surface area contributed by atoms with E-state index in [9.17, 15) is 9.59 Å². The number of para-hydroxylation sites is 1. The van der Waals surface area contributed by atoms with Gasteiger partial charge < -0.3 is 30.1 Å². The summed E-state index contributed by atoms with van der Waals surface area (Å²) >= 11 is 0. The molecule has 1 aliphatic rings. The van der Waals surface area contributed by atoms with Crippen molar-refractivity contribution in [2.45, 2.75) is 6.42 Å². The number of aromatic nitrogens is 2. The Bertz CT molecular complexity index is 1370. The number of anilines is 5. The van der Waals surface area contributed by atoms with Crippen LogP contribution in [-0.2, 0) is 4.79 Å². The fraction of sp³-hybridized carbons (Fsp3) is 0.355. The van der Waals surface area contributed by atoms with Gasteiger partial charge in [0, 0.05) is 63.3 Å². The molecule has 1 saturated heterocycles. The van der Waals surface area contributed by atoms with E-state index in [0.717, 1.165) is 30.9 Å². The molecule has 11 heteroatoms. The molecule has 1 aromatic heterocycles. The minimum atomic E-state index is -0.318. The molecule has 3 amide bonds. The van der Waals surface area contributed by atoms with E-state index in [2.05, 4.69) is 51.1 Å². The first-order valence-electron chi connectivity index (χ1n) is 13.9. The minimum Gasteiger partial charge on any atom is -0.494 e. The third kappa shape index (κ3) is 7.97. The minimum absolute atomic E-state index is 0.0823. The van der Waals surface area contributed by atoms with Crippen molar-refractivity contribution in [3.05, 3.63) is 73.6 Å². The van der Waals surface area contributed by atoms with Crippen LogP contribution in [0.25, 0.3) is 0 Å². The summed E-state index contributed by atoms with van der Waals surface area (Å²) < 4.78 is 5.69. The lowest BCUT2D eigenvalue weighted by atomic mass is 10.1. The van der Waals surface area contributed by atoms with E-state index in [-0.39, 0.29) is 17.9 Å². The Hall–Kier alpha value is -4.64. The molecule has 0 aliphatic carbocycles. The number of urea groups is 1. The third-order valence-electron chi connectivity index (χ3n) is 7.18. The smallest absolute Gasteiger partial charge is 0.327 e. The molecule has 42 heavy (non-hydrogen) atoms. The van der Waals surface area contributed by atoms with Gasteiger partial charge in [-0.2, -0.15) is 0 Å². The van der Waals surface area contributed by atoms with E-state index >= 15 is 0 Å². The Balaban J connectivity index is 1.55. The first-order valence-corrected chi connectivity index (χ1v) is 13.9. The number of methoxy groups -OCH3 is 1. The van der Waals surface area contributed by atoms with E-state index in [1.54, 1.807) is 23.0 Å². The number of nitrogens with zero attached hydrogens (tertiary/aromatic N) is 6. The highest BCUT2D eigenvalue weighted by Gasteiger charge is 2.29. The van der Waals surface area contributed by atoms with Crippen molar-refractivity contribution in [1.82, 2.24) is 19.8 Å². The maximum Gasteiger partial charge on any atom is 0.327 e. The maximum atomic E-state index is 13.5. The van der Waals surface area contributed by atoms with Crippen LogP contribution in [0.15, 0.2) is 73.6 Å². The van der Waals surface area contributed by atoms with Gasteiger partial charge in [0.1, 0.15) is 23.7 Å². The molecule has 0 saturated carbocycles. The van der Waals surface area contributed by atoms with Crippen LogP contribution in [0.2, 0.25) is 0 Å². The van der Waals surface area contributed by atoms with Crippen molar-refractivity contribution < 1.29 is 14.3 Å². The molecule has 2 aromatic carbocycles. The van der Waals surface area contributed by atoms with Crippen LogP contribution < -0.4 is 25.2 Å². The summed E-state index contributed by atoms with van der Waals surface area (Å²) in [6.45, 7) is 6.95. The number of benzene rings is 2. The number of amides is 3. The van der Waals surface area contributed by atoms with Gasteiger partial charge in [-0.15, -0.1) is 0 Å². The van der Waals surface area contributed by atoms with Crippen molar-refractivity contribution >= 4 is 40.6 Å². The van der Waals surface area contributed by atoms with Crippen molar-refractivity contribution in [3.63, 3.8) is 0 Å². The Morgan fingerprint density at radius 2 is 1.88 bits per heavy atom. The zero-order chi connectivity index (χ0) is 30.1. The number of hydrogen-bond acceptors (Lipinski definition) is 8. The second-order valence-electron chi connectivity index (χ2n) is 10.5. The average Bonchev–Trinajstić information content (AvgIpc) is 3.48. The SMILES string of the molecule is C=CC(=O)N1CCC(CN(C(=O)Nc2ccccc2)c2cc(Nc3ccc(N(C)CCN(C)C)cc3OC)ncn2)C1. The molecule has 3 aromatic rings. The molecular formula is C31H40N8O3. The number of likely N-dealkylation sites (tertiary alicyclic amines) is 1. The highest BCUT2D eigenvalue weighted by atomic mass is 16.5. The van der Waals surface area contributed by atoms with Crippen LogP contribution in [0.1, 0.15) is 6.42 Å². The number of nitrogens with one attached hydrogen (secondary N) is 2. The van der Waals surface area contributed by atoms with E-state index in [1.165, 1.54) is 12.4 Å². The monoisotopic (exact) mass is 572 g/mol. The van der Waals surface area contributed by atoms with Gasteiger partial charge >= 0.3 is 6.03 Å². The predicted molar refractivity (Wildman–Crippen MR) is 168 cm³/mol. The first-order chi connectivity index (χ1) is 20.3. The van der Waals surface area contributed by atoms with Crippen molar-refractivity contribution in [2.24, 2.45) is 5.92 Å². The second kappa shape index (κ2) is 14.3. The molecule has 0 spiro atoms. The molecule has 1 fully saturated rings. The Labute approximate surface area is 247 Å². The van der Waals surface area contributed by atoms with Crippen LogP contribution in [0.3, 0.4) is 0 Å². The van der Waals surface area contributed by atoms with Crippen molar-refractivity contribution in [1.29, 1.82) is 0 Å². The average molecular weight is 573 g/mol. The molecule has 1 atom stereocenters. The lowest BCUT2D eigenvalue weighted by Gasteiger charge is -2.26. The fourth-order valence-corrected chi connectivity index (χ4v) is 4.76. The van der Waals surface area contributed by atoms with Gasteiger partial charge in [-0.25, -0.2) is 14.8 Å². The van der Waals surface area contributed by atoms with Crippen molar-refractivity contribution in [2.75, 3.05) is 81.4 Å². The molecule has 11 nitrogen and oxygen atoms in total. The molecule has 4 rings (SSSR count). The zero-order valence-electron chi connectivity index (χ0n) is 24.8. The topological polar surface area (TPSA) is 106 Å². The van der Waals surface area contributed by atoms with Gasteiger partial charge in [0.05, 0.1) is 12.8 Å². The third-order valence-corrected chi connectivity index (χ3v) is 7.18. The van der Waals surface area contributed by atoms with E-state index < -0.39 is 0 Å². The summed E-state index contributed by atoms with van der Waals surface area (Å²) in [5.41, 5.74) is 2.45. The number of carbonyl (C=O) groups excluding carboxylic acids is 2. The normalized spacial score (nSPS) is 14.4. The zero-order valence-corrected chi connectivity index (χ0v) is 24.8. The van der Waals surface area contributed by atoms with Gasteiger partial charge in [0.2, 0.25) is 5.91 Å². The van der Waals surface area contributed by atoms with Gasteiger partial charge in [-0.05, 0) is 56.8 Å². The van der Waals surface area contributed by atoms with Crippen LogP contribution in [0, 0.1) is 5.92 Å². The Morgan fingerprint density at radius 3 is 2.60 bits per heavy atom. The van der Waals surface area contributed by atoms with Crippen molar-refractivity contribution in [3.8, 4) is 5.75 Å². The molecule has 0 radical (unpaired) electrons. The van der Waals surface area contributed by atoms with Crippen LogP contribution in [0.4, 0.5) is 33.5 Å². The highest BCUT2D eigenvalue weighted by molar-refractivity contribution is 6.01. The van der Waals surface area contributed by atoms with Crippen LogP contribution in [0.5, 0.6) is 5.75 Å². The summed E-state index contributed by atoms with van der Waals surface area (Å²) in [5, 5.41) is 6.28. The van der Waals surface area contributed by atoms with E-state index in [4.69, 9.17) is 4.74 Å². The Morgan fingerprint density at radius 1 is 1.10 bits per heavy atom. The van der Waals surface area contributed by atoms with E-state index in [0.29, 0.717) is 42.7 Å². The standard InChI is InChI=1S/C31H40N8O3/c1-6-30(40)38-15-14-23(20-38)21-39(31(41)34-24-10-8-7-9-11-24)29-19-28(32-22-33-29)35-26-13-12-25(18-27(26)42-5)37(4)17-16-36(2)3/h6-13,18-19,22-23H,1,14-17,20-21H2,2-5H3,(H,34,41)(H,32,33,35). The maximum absolute atomic E-state index is 13.5. The summed E-state index contributed by atoms with van der Waals surface area (Å²) in [6.07, 6.45) is 3.53. The van der Waals surface area contributed by atoms with E-state index in [1.807, 2.05) is 55.6 Å². The quantitative estimate of drug-likeness (QED) is 0.310. The molecule has 222 valence electrons. The highest BCUT2D eigenvalue weighted by Crippen LogP contribution is 2.32.